The van der Waals surface area contributed by atoms with Gasteiger partial charge in [0.05, 0.1) is 5.52 Å². The van der Waals surface area contributed by atoms with Crippen molar-refractivity contribution in [2.45, 2.75) is 13.3 Å². The van der Waals surface area contributed by atoms with E-state index in [4.69, 9.17) is 5.73 Å². The van der Waals surface area contributed by atoms with Gasteiger partial charge in [0.1, 0.15) is 11.6 Å². The average molecular weight is 216 g/mol. The third kappa shape index (κ3) is 2.12. The molecule has 2 rings (SSSR count). The van der Waals surface area contributed by atoms with Crippen molar-refractivity contribution >= 4 is 16.7 Å². The maximum atomic E-state index is 5.53. The average Bonchev–Trinajstić information content (AvgIpc) is 2.30. The number of rotatable bonds is 4. The third-order valence-electron chi connectivity index (χ3n) is 2.36. The van der Waals surface area contributed by atoms with Gasteiger partial charge in [-0.05, 0) is 25.6 Å². The van der Waals surface area contributed by atoms with E-state index in [0.717, 1.165) is 29.1 Å². The topological polar surface area (TPSA) is 63.8 Å². The molecule has 1 aromatic heterocycles. The molecule has 0 saturated heterocycles. The lowest BCUT2D eigenvalue weighted by Crippen LogP contribution is -2.09. The first kappa shape index (κ1) is 10.8. The summed E-state index contributed by atoms with van der Waals surface area (Å²) in [4.78, 5) is 8.95. The lowest BCUT2D eigenvalue weighted by Gasteiger charge is -2.08. The van der Waals surface area contributed by atoms with Crippen molar-refractivity contribution in [1.29, 1.82) is 0 Å². The van der Waals surface area contributed by atoms with E-state index < -0.39 is 0 Å². The van der Waals surface area contributed by atoms with E-state index in [1.807, 2.05) is 24.3 Å². The van der Waals surface area contributed by atoms with E-state index in [1.54, 1.807) is 0 Å². The van der Waals surface area contributed by atoms with Crippen molar-refractivity contribution in [3.8, 4) is 0 Å². The predicted octanol–water partition coefficient (Wildman–Crippen LogP) is 1.56. The highest BCUT2D eigenvalue weighted by Crippen LogP contribution is 2.19. The maximum absolute atomic E-state index is 5.53. The van der Waals surface area contributed by atoms with Crippen LogP contribution in [-0.4, -0.2) is 23.1 Å². The molecule has 0 atom stereocenters. The van der Waals surface area contributed by atoms with Gasteiger partial charge < -0.3 is 11.1 Å². The van der Waals surface area contributed by atoms with Crippen LogP contribution in [0.2, 0.25) is 0 Å². The van der Waals surface area contributed by atoms with Gasteiger partial charge in [-0.25, -0.2) is 9.97 Å². The SMILES string of the molecule is CCNc1nc(CCN)nc2ccccc12. The smallest absolute Gasteiger partial charge is 0.137 e. The van der Waals surface area contributed by atoms with E-state index in [1.165, 1.54) is 0 Å². The minimum Gasteiger partial charge on any atom is -0.370 e. The number of para-hydroxylation sites is 1. The highest BCUT2D eigenvalue weighted by molar-refractivity contribution is 5.88. The van der Waals surface area contributed by atoms with E-state index in [9.17, 15) is 0 Å². The summed E-state index contributed by atoms with van der Waals surface area (Å²) in [6.45, 7) is 3.48. The van der Waals surface area contributed by atoms with Gasteiger partial charge in [-0.3, -0.25) is 0 Å². The standard InChI is InChI=1S/C12H16N4/c1-2-14-12-9-5-3-4-6-10(9)15-11(16-12)7-8-13/h3-6H,2,7-8,13H2,1H3,(H,14,15,16). The minimum absolute atomic E-state index is 0.573. The Hall–Kier alpha value is -1.68. The van der Waals surface area contributed by atoms with Gasteiger partial charge in [0.2, 0.25) is 0 Å². The number of fused-ring (bicyclic) bond motifs is 1. The molecular weight excluding hydrogens is 200 g/mol. The second-order valence-corrected chi connectivity index (χ2v) is 3.57. The summed E-state index contributed by atoms with van der Waals surface area (Å²) < 4.78 is 0. The van der Waals surface area contributed by atoms with Crippen molar-refractivity contribution in [3.63, 3.8) is 0 Å². The van der Waals surface area contributed by atoms with Gasteiger partial charge in [0.15, 0.2) is 0 Å². The molecule has 1 aromatic carbocycles. The Labute approximate surface area is 94.9 Å². The number of nitrogens with zero attached hydrogens (tertiary/aromatic N) is 2. The van der Waals surface area contributed by atoms with E-state index >= 15 is 0 Å². The summed E-state index contributed by atoms with van der Waals surface area (Å²) in [5, 5.41) is 4.32. The second kappa shape index (κ2) is 4.90. The number of anilines is 1. The molecule has 0 bridgehead atoms. The van der Waals surface area contributed by atoms with E-state index in [0.29, 0.717) is 13.0 Å². The van der Waals surface area contributed by atoms with Crippen LogP contribution >= 0.6 is 0 Å². The molecule has 0 aliphatic carbocycles. The Morgan fingerprint density at radius 2 is 2.06 bits per heavy atom. The first-order chi connectivity index (χ1) is 7.85. The fourth-order valence-electron chi connectivity index (χ4n) is 1.67. The fourth-order valence-corrected chi connectivity index (χ4v) is 1.67. The zero-order valence-corrected chi connectivity index (χ0v) is 9.40. The lowest BCUT2D eigenvalue weighted by molar-refractivity contribution is 0.879. The highest BCUT2D eigenvalue weighted by Gasteiger charge is 2.05. The molecule has 0 fully saturated rings. The van der Waals surface area contributed by atoms with Gasteiger partial charge in [0.25, 0.3) is 0 Å². The van der Waals surface area contributed by atoms with Gasteiger partial charge in [-0.2, -0.15) is 0 Å². The normalized spacial score (nSPS) is 10.6. The maximum Gasteiger partial charge on any atom is 0.137 e. The van der Waals surface area contributed by atoms with E-state index in [2.05, 4.69) is 22.2 Å². The van der Waals surface area contributed by atoms with Gasteiger partial charge >= 0.3 is 0 Å². The first-order valence-corrected chi connectivity index (χ1v) is 5.54. The van der Waals surface area contributed by atoms with Crippen LogP contribution in [0.4, 0.5) is 5.82 Å². The van der Waals surface area contributed by atoms with Crippen LogP contribution < -0.4 is 11.1 Å². The van der Waals surface area contributed by atoms with Crippen LogP contribution in [0.25, 0.3) is 10.9 Å². The first-order valence-electron chi connectivity index (χ1n) is 5.54. The van der Waals surface area contributed by atoms with Crippen molar-refractivity contribution < 1.29 is 0 Å². The summed E-state index contributed by atoms with van der Waals surface area (Å²) in [6, 6.07) is 8.00. The molecule has 0 radical (unpaired) electrons. The molecule has 16 heavy (non-hydrogen) atoms. The summed E-state index contributed by atoms with van der Waals surface area (Å²) in [7, 11) is 0. The molecule has 3 N–H and O–H groups in total. The molecule has 2 aromatic rings. The molecule has 0 aliphatic heterocycles. The Bertz CT molecular complexity index is 481. The number of benzene rings is 1. The number of hydrogen-bond donors (Lipinski definition) is 2. The summed E-state index contributed by atoms with van der Waals surface area (Å²) in [5.41, 5.74) is 6.50. The van der Waals surface area contributed by atoms with Crippen molar-refractivity contribution in [2.75, 3.05) is 18.4 Å². The monoisotopic (exact) mass is 216 g/mol. The van der Waals surface area contributed by atoms with Crippen molar-refractivity contribution in [1.82, 2.24) is 9.97 Å². The number of nitrogens with two attached hydrogens (primary N) is 1. The van der Waals surface area contributed by atoms with Crippen molar-refractivity contribution in [3.05, 3.63) is 30.1 Å². The number of nitrogens with one attached hydrogen (secondary N) is 1. The largest absolute Gasteiger partial charge is 0.370 e. The Morgan fingerprint density at radius 3 is 2.81 bits per heavy atom. The minimum atomic E-state index is 0.573. The molecule has 4 heteroatoms. The summed E-state index contributed by atoms with van der Waals surface area (Å²) >= 11 is 0. The van der Waals surface area contributed by atoms with Gasteiger partial charge in [-0.15, -0.1) is 0 Å². The molecular formula is C12H16N4. The quantitative estimate of drug-likeness (QED) is 0.814. The highest BCUT2D eigenvalue weighted by atomic mass is 15.0. The predicted molar refractivity (Wildman–Crippen MR) is 66.5 cm³/mol. The molecule has 1 heterocycles. The summed E-state index contributed by atoms with van der Waals surface area (Å²) in [5.74, 6) is 1.70. The Morgan fingerprint density at radius 1 is 1.25 bits per heavy atom. The molecule has 0 spiro atoms. The number of aromatic nitrogens is 2. The molecule has 4 nitrogen and oxygen atoms in total. The van der Waals surface area contributed by atoms with Crippen LogP contribution in [0, 0.1) is 0 Å². The molecule has 0 saturated carbocycles. The lowest BCUT2D eigenvalue weighted by atomic mass is 10.2. The van der Waals surface area contributed by atoms with Gasteiger partial charge in [-0.1, -0.05) is 12.1 Å². The molecule has 0 unspecified atom stereocenters. The zero-order valence-electron chi connectivity index (χ0n) is 9.40. The van der Waals surface area contributed by atoms with Gasteiger partial charge in [0, 0.05) is 18.4 Å². The molecule has 0 amide bonds. The zero-order chi connectivity index (χ0) is 11.4. The van der Waals surface area contributed by atoms with Crippen molar-refractivity contribution in [2.24, 2.45) is 5.73 Å². The number of hydrogen-bond acceptors (Lipinski definition) is 4. The van der Waals surface area contributed by atoms with Crippen LogP contribution in [0.1, 0.15) is 12.7 Å². The third-order valence-corrected chi connectivity index (χ3v) is 2.36. The van der Waals surface area contributed by atoms with Crippen LogP contribution in [-0.2, 0) is 6.42 Å². The van der Waals surface area contributed by atoms with Crippen LogP contribution in [0.5, 0.6) is 0 Å². The second-order valence-electron chi connectivity index (χ2n) is 3.57. The molecule has 84 valence electrons. The van der Waals surface area contributed by atoms with Crippen LogP contribution in [0.15, 0.2) is 24.3 Å². The Balaban J connectivity index is 2.54. The van der Waals surface area contributed by atoms with E-state index in [-0.39, 0.29) is 0 Å². The Kier molecular flexibility index (Phi) is 3.31. The molecule has 0 aliphatic rings. The fraction of sp³-hybridized carbons (Fsp3) is 0.333. The van der Waals surface area contributed by atoms with Crippen LogP contribution in [0.3, 0.4) is 0 Å². The summed E-state index contributed by atoms with van der Waals surface area (Å²) in [6.07, 6.45) is 0.712.